The monoisotopic (exact) mass is 233 g/mol. The van der Waals surface area contributed by atoms with E-state index in [4.69, 9.17) is 5.26 Å². The van der Waals surface area contributed by atoms with Gasteiger partial charge in [0.2, 0.25) is 0 Å². The van der Waals surface area contributed by atoms with E-state index >= 15 is 0 Å². The summed E-state index contributed by atoms with van der Waals surface area (Å²) in [5, 5.41) is 22.9. The van der Waals surface area contributed by atoms with Gasteiger partial charge >= 0.3 is 0 Å². The summed E-state index contributed by atoms with van der Waals surface area (Å²) < 4.78 is 0. The zero-order chi connectivity index (χ0) is 12.5. The molecule has 1 atom stereocenters. The predicted molar refractivity (Wildman–Crippen MR) is 72.0 cm³/mol. The van der Waals surface area contributed by atoms with Crippen LogP contribution >= 0.6 is 0 Å². The first-order valence-corrected chi connectivity index (χ1v) is 5.79. The first-order valence-electron chi connectivity index (χ1n) is 5.79. The van der Waals surface area contributed by atoms with Gasteiger partial charge in [-0.2, -0.15) is 5.26 Å². The van der Waals surface area contributed by atoms with Crippen molar-refractivity contribution in [1.82, 2.24) is 0 Å². The van der Waals surface area contributed by atoms with Crippen molar-refractivity contribution < 1.29 is 5.11 Å². The SMILES string of the molecule is N#CC(O)c1c2ccccc2cc2ccccc12. The van der Waals surface area contributed by atoms with Crippen LogP contribution in [0.3, 0.4) is 0 Å². The van der Waals surface area contributed by atoms with Gasteiger partial charge in [0.15, 0.2) is 6.10 Å². The zero-order valence-corrected chi connectivity index (χ0v) is 9.67. The van der Waals surface area contributed by atoms with E-state index in [0.29, 0.717) is 5.56 Å². The van der Waals surface area contributed by atoms with Crippen LogP contribution in [-0.2, 0) is 0 Å². The van der Waals surface area contributed by atoms with Gasteiger partial charge < -0.3 is 5.11 Å². The Kier molecular flexibility index (Phi) is 2.47. The number of benzene rings is 3. The summed E-state index contributed by atoms with van der Waals surface area (Å²) in [4.78, 5) is 0. The van der Waals surface area contributed by atoms with E-state index in [2.05, 4.69) is 6.07 Å². The molecule has 0 aromatic heterocycles. The van der Waals surface area contributed by atoms with Gasteiger partial charge in [-0.25, -0.2) is 0 Å². The third-order valence-corrected chi connectivity index (χ3v) is 3.21. The maximum Gasteiger partial charge on any atom is 0.167 e. The normalized spacial score (nSPS) is 12.4. The molecule has 3 aromatic rings. The van der Waals surface area contributed by atoms with E-state index in [1.165, 1.54) is 0 Å². The lowest BCUT2D eigenvalue weighted by Gasteiger charge is -2.12. The summed E-state index contributed by atoms with van der Waals surface area (Å²) >= 11 is 0. The lowest BCUT2D eigenvalue weighted by molar-refractivity contribution is 0.239. The van der Waals surface area contributed by atoms with Crippen molar-refractivity contribution in [2.75, 3.05) is 0 Å². The van der Waals surface area contributed by atoms with Crippen LogP contribution in [0.25, 0.3) is 21.5 Å². The minimum atomic E-state index is -1.10. The van der Waals surface area contributed by atoms with Crippen LogP contribution in [0, 0.1) is 11.3 Å². The minimum absolute atomic E-state index is 0.700. The molecule has 0 aliphatic heterocycles. The molecule has 18 heavy (non-hydrogen) atoms. The molecule has 0 saturated carbocycles. The highest BCUT2D eigenvalue weighted by molar-refractivity contribution is 6.02. The summed E-state index contributed by atoms with van der Waals surface area (Å²) in [6, 6.07) is 19.6. The van der Waals surface area contributed by atoms with E-state index in [1.807, 2.05) is 54.6 Å². The molecule has 1 N–H and O–H groups in total. The second-order valence-corrected chi connectivity index (χ2v) is 4.26. The summed E-state index contributed by atoms with van der Waals surface area (Å²) in [6.45, 7) is 0. The molecule has 3 rings (SSSR count). The topological polar surface area (TPSA) is 44.0 Å². The highest BCUT2D eigenvalue weighted by atomic mass is 16.3. The van der Waals surface area contributed by atoms with E-state index < -0.39 is 6.10 Å². The minimum Gasteiger partial charge on any atom is -0.374 e. The predicted octanol–water partition coefficient (Wildman–Crippen LogP) is 3.55. The molecule has 2 heteroatoms. The van der Waals surface area contributed by atoms with Gasteiger partial charge in [0, 0.05) is 5.56 Å². The number of hydrogen-bond acceptors (Lipinski definition) is 2. The standard InChI is InChI=1S/C16H11NO/c17-10-15(18)16-13-7-3-1-5-11(13)9-12-6-2-4-8-14(12)16/h1-9,15,18H. The summed E-state index contributed by atoms with van der Waals surface area (Å²) in [5.74, 6) is 0. The van der Waals surface area contributed by atoms with Gasteiger partial charge in [0.25, 0.3) is 0 Å². The quantitative estimate of drug-likeness (QED) is 0.516. The molecule has 3 aromatic carbocycles. The Morgan fingerprint density at radius 3 is 1.89 bits per heavy atom. The summed E-state index contributed by atoms with van der Waals surface area (Å²) in [7, 11) is 0. The smallest absolute Gasteiger partial charge is 0.167 e. The van der Waals surface area contributed by atoms with Gasteiger partial charge in [-0.15, -0.1) is 0 Å². The Labute approximate surface area is 105 Å². The number of rotatable bonds is 1. The van der Waals surface area contributed by atoms with Crippen LogP contribution in [0.1, 0.15) is 11.7 Å². The number of hydrogen-bond donors (Lipinski definition) is 1. The van der Waals surface area contributed by atoms with E-state index in [-0.39, 0.29) is 0 Å². The molecule has 0 aliphatic carbocycles. The van der Waals surface area contributed by atoms with Gasteiger partial charge in [-0.05, 0) is 27.6 Å². The van der Waals surface area contributed by atoms with E-state index in [9.17, 15) is 5.11 Å². The maximum absolute atomic E-state index is 9.96. The van der Waals surface area contributed by atoms with Gasteiger partial charge in [0.05, 0.1) is 6.07 Å². The molecule has 0 amide bonds. The number of nitrogens with zero attached hydrogens (tertiary/aromatic N) is 1. The average Bonchev–Trinajstić information content (AvgIpc) is 2.44. The van der Waals surface area contributed by atoms with Crippen LogP contribution < -0.4 is 0 Å². The highest BCUT2D eigenvalue weighted by Crippen LogP contribution is 2.32. The van der Waals surface area contributed by atoms with Gasteiger partial charge in [-0.3, -0.25) is 0 Å². The van der Waals surface area contributed by atoms with Gasteiger partial charge in [-0.1, -0.05) is 48.5 Å². The summed E-state index contributed by atoms with van der Waals surface area (Å²) in [5.41, 5.74) is 0.700. The molecule has 0 spiro atoms. The Bertz CT molecular complexity index is 717. The Balaban J connectivity index is 2.54. The van der Waals surface area contributed by atoms with Crippen molar-refractivity contribution >= 4 is 21.5 Å². The fraction of sp³-hybridized carbons (Fsp3) is 0.0625. The number of nitriles is 1. The Morgan fingerprint density at radius 2 is 1.39 bits per heavy atom. The maximum atomic E-state index is 9.96. The second-order valence-electron chi connectivity index (χ2n) is 4.26. The molecule has 1 unspecified atom stereocenters. The molecule has 0 aliphatic rings. The van der Waals surface area contributed by atoms with Crippen molar-refractivity contribution in [2.45, 2.75) is 6.10 Å². The fourth-order valence-corrected chi connectivity index (χ4v) is 2.41. The van der Waals surface area contributed by atoms with Crippen molar-refractivity contribution in [3.05, 3.63) is 60.2 Å². The van der Waals surface area contributed by atoms with Crippen LogP contribution in [0.5, 0.6) is 0 Å². The third-order valence-electron chi connectivity index (χ3n) is 3.21. The molecule has 0 heterocycles. The van der Waals surface area contributed by atoms with Crippen molar-refractivity contribution in [2.24, 2.45) is 0 Å². The lowest BCUT2D eigenvalue weighted by atomic mass is 9.94. The molecule has 0 fully saturated rings. The van der Waals surface area contributed by atoms with E-state index in [1.54, 1.807) is 0 Å². The Morgan fingerprint density at radius 1 is 0.889 bits per heavy atom. The average molecular weight is 233 g/mol. The van der Waals surface area contributed by atoms with Crippen molar-refractivity contribution in [3.63, 3.8) is 0 Å². The fourth-order valence-electron chi connectivity index (χ4n) is 2.41. The van der Waals surface area contributed by atoms with E-state index in [0.717, 1.165) is 21.5 Å². The Hall–Kier alpha value is -2.37. The number of aliphatic hydroxyl groups excluding tert-OH is 1. The first kappa shape index (κ1) is 10.8. The molecule has 0 saturated heterocycles. The molecular formula is C16H11NO. The largest absolute Gasteiger partial charge is 0.374 e. The van der Waals surface area contributed by atoms with Gasteiger partial charge in [0.1, 0.15) is 0 Å². The number of fused-ring (bicyclic) bond motifs is 2. The van der Waals surface area contributed by atoms with Crippen LogP contribution in [0.15, 0.2) is 54.6 Å². The molecule has 0 radical (unpaired) electrons. The zero-order valence-electron chi connectivity index (χ0n) is 9.67. The molecule has 2 nitrogen and oxygen atoms in total. The first-order chi connectivity index (χ1) is 8.81. The number of aliphatic hydroxyl groups is 1. The van der Waals surface area contributed by atoms with Crippen molar-refractivity contribution in [3.8, 4) is 6.07 Å². The van der Waals surface area contributed by atoms with Crippen LogP contribution in [0.4, 0.5) is 0 Å². The van der Waals surface area contributed by atoms with Crippen LogP contribution in [-0.4, -0.2) is 5.11 Å². The lowest BCUT2D eigenvalue weighted by Crippen LogP contribution is -1.96. The second kappa shape index (κ2) is 4.14. The van der Waals surface area contributed by atoms with Crippen molar-refractivity contribution in [1.29, 1.82) is 5.26 Å². The third kappa shape index (κ3) is 1.54. The molecule has 86 valence electrons. The molecular weight excluding hydrogens is 222 g/mol. The highest BCUT2D eigenvalue weighted by Gasteiger charge is 2.14. The summed E-state index contributed by atoms with van der Waals surface area (Å²) in [6.07, 6.45) is -1.10. The van der Waals surface area contributed by atoms with Crippen LogP contribution in [0.2, 0.25) is 0 Å². The molecule has 0 bridgehead atoms.